The van der Waals surface area contributed by atoms with Gasteiger partial charge >= 0.3 is 12.1 Å². The highest BCUT2D eigenvalue weighted by Crippen LogP contribution is 2.27. The minimum absolute atomic E-state index is 0.422. The van der Waals surface area contributed by atoms with E-state index in [1.807, 2.05) is 0 Å². The maximum absolute atomic E-state index is 12.2. The standard InChI is InChI=1S/C8H13F3O3S/c1-3-5(2)15(14)4-6(7(12)13)8(9,10)11/h5-6H,3-4H2,1-2H3,(H,12,13). The molecule has 0 rings (SSSR count). The van der Waals surface area contributed by atoms with Crippen LogP contribution in [-0.4, -0.2) is 32.5 Å². The van der Waals surface area contributed by atoms with Gasteiger partial charge in [-0.1, -0.05) is 13.8 Å². The predicted octanol–water partition coefficient (Wildman–Crippen LogP) is 1.80. The van der Waals surface area contributed by atoms with Crippen LogP contribution in [0.5, 0.6) is 0 Å². The second kappa shape index (κ2) is 5.48. The lowest BCUT2D eigenvalue weighted by Gasteiger charge is -2.17. The van der Waals surface area contributed by atoms with Gasteiger partial charge in [0.15, 0.2) is 5.92 Å². The first kappa shape index (κ1) is 14.4. The van der Waals surface area contributed by atoms with Crippen molar-refractivity contribution in [3.05, 3.63) is 0 Å². The summed E-state index contributed by atoms with van der Waals surface area (Å²) in [5.41, 5.74) is 0. The van der Waals surface area contributed by atoms with Gasteiger partial charge in [-0.3, -0.25) is 9.00 Å². The number of rotatable bonds is 5. The number of carboxylic acid groups (broad SMARTS) is 1. The Morgan fingerprint density at radius 3 is 2.20 bits per heavy atom. The lowest BCUT2D eigenvalue weighted by Crippen LogP contribution is -2.36. The van der Waals surface area contributed by atoms with E-state index in [2.05, 4.69) is 0 Å². The average molecular weight is 246 g/mol. The number of aliphatic carboxylic acids is 1. The molecular weight excluding hydrogens is 233 g/mol. The number of halogens is 3. The van der Waals surface area contributed by atoms with Crippen molar-refractivity contribution in [2.75, 3.05) is 5.75 Å². The topological polar surface area (TPSA) is 54.4 Å². The summed E-state index contributed by atoms with van der Waals surface area (Å²) in [6, 6.07) is 0. The van der Waals surface area contributed by atoms with Gasteiger partial charge < -0.3 is 5.11 Å². The Morgan fingerprint density at radius 2 is 1.93 bits per heavy atom. The van der Waals surface area contributed by atoms with Crippen LogP contribution in [0.25, 0.3) is 0 Å². The second-order valence-electron chi connectivity index (χ2n) is 3.20. The van der Waals surface area contributed by atoms with Crippen LogP contribution in [0.15, 0.2) is 0 Å². The van der Waals surface area contributed by atoms with E-state index in [4.69, 9.17) is 5.11 Å². The molecule has 3 atom stereocenters. The first-order chi connectivity index (χ1) is 6.70. The summed E-state index contributed by atoms with van der Waals surface area (Å²) in [5, 5.41) is 7.94. The normalized spacial score (nSPS) is 18.2. The zero-order valence-electron chi connectivity index (χ0n) is 8.37. The van der Waals surface area contributed by atoms with Crippen LogP contribution in [0.1, 0.15) is 20.3 Å². The SMILES string of the molecule is CCC(C)S(=O)CC(C(=O)O)C(F)(F)F. The number of hydrogen-bond donors (Lipinski definition) is 1. The minimum atomic E-state index is -4.84. The number of hydrogen-bond acceptors (Lipinski definition) is 2. The molecule has 0 saturated heterocycles. The fourth-order valence-corrected chi connectivity index (χ4v) is 2.18. The zero-order valence-corrected chi connectivity index (χ0v) is 9.19. The highest BCUT2D eigenvalue weighted by atomic mass is 32.2. The van der Waals surface area contributed by atoms with Gasteiger partial charge in [-0.05, 0) is 6.42 Å². The van der Waals surface area contributed by atoms with Crippen molar-refractivity contribution in [1.29, 1.82) is 0 Å². The smallest absolute Gasteiger partial charge is 0.403 e. The minimum Gasteiger partial charge on any atom is -0.481 e. The van der Waals surface area contributed by atoms with E-state index in [1.165, 1.54) is 6.92 Å². The van der Waals surface area contributed by atoms with Crippen molar-refractivity contribution in [3.8, 4) is 0 Å². The Labute approximate surface area is 88.1 Å². The molecule has 0 aromatic carbocycles. The van der Waals surface area contributed by atoms with Crippen molar-refractivity contribution < 1.29 is 27.3 Å². The molecule has 3 nitrogen and oxygen atoms in total. The molecule has 0 heterocycles. The van der Waals surface area contributed by atoms with Gasteiger partial charge in [0.05, 0.1) is 0 Å². The predicted molar refractivity (Wildman–Crippen MR) is 49.9 cm³/mol. The van der Waals surface area contributed by atoms with E-state index >= 15 is 0 Å². The van der Waals surface area contributed by atoms with Crippen LogP contribution < -0.4 is 0 Å². The van der Waals surface area contributed by atoms with Gasteiger partial charge in [-0.15, -0.1) is 0 Å². The van der Waals surface area contributed by atoms with E-state index in [0.717, 1.165) is 0 Å². The molecule has 3 unspecified atom stereocenters. The molecule has 0 aliphatic carbocycles. The molecule has 0 bridgehead atoms. The van der Waals surface area contributed by atoms with Crippen molar-refractivity contribution in [3.63, 3.8) is 0 Å². The Kier molecular flexibility index (Phi) is 5.27. The molecule has 0 fully saturated rings. The molecule has 90 valence electrons. The molecule has 1 N–H and O–H groups in total. The lowest BCUT2D eigenvalue weighted by atomic mass is 10.2. The molecular formula is C8H13F3O3S. The maximum atomic E-state index is 12.2. The fourth-order valence-electron chi connectivity index (χ4n) is 0.820. The number of carbonyl (C=O) groups is 1. The molecule has 7 heteroatoms. The Balaban J connectivity index is 4.58. The van der Waals surface area contributed by atoms with E-state index < -0.39 is 39.9 Å². The second-order valence-corrected chi connectivity index (χ2v) is 5.10. The van der Waals surface area contributed by atoms with Gasteiger partial charge in [0.1, 0.15) is 0 Å². The van der Waals surface area contributed by atoms with E-state index in [-0.39, 0.29) is 0 Å². The van der Waals surface area contributed by atoms with E-state index in [0.29, 0.717) is 6.42 Å². The molecule has 0 aliphatic rings. The van der Waals surface area contributed by atoms with Crippen molar-refractivity contribution in [1.82, 2.24) is 0 Å². The quantitative estimate of drug-likeness (QED) is 0.804. The molecule has 15 heavy (non-hydrogen) atoms. The van der Waals surface area contributed by atoms with Crippen LogP contribution in [0, 0.1) is 5.92 Å². The third-order valence-electron chi connectivity index (χ3n) is 2.05. The molecule has 0 aliphatic heterocycles. The molecule has 0 radical (unpaired) electrons. The Bertz CT molecular complexity index is 252. The van der Waals surface area contributed by atoms with Gasteiger partial charge in [-0.25, -0.2) is 0 Å². The summed E-state index contributed by atoms with van der Waals surface area (Å²) >= 11 is 0. The third-order valence-corrected chi connectivity index (χ3v) is 3.94. The summed E-state index contributed by atoms with van der Waals surface area (Å²) in [6.45, 7) is 3.22. The van der Waals surface area contributed by atoms with Crippen molar-refractivity contribution in [2.24, 2.45) is 5.92 Å². The van der Waals surface area contributed by atoms with Crippen molar-refractivity contribution >= 4 is 16.8 Å². The Morgan fingerprint density at radius 1 is 1.47 bits per heavy atom. The van der Waals surface area contributed by atoms with Crippen LogP contribution in [-0.2, 0) is 15.6 Å². The highest BCUT2D eigenvalue weighted by molar-refractivity contribution is 7.85. The number of alkyl halides is 3. The zero-order chi connectivity index (χ0) is 12.2. The maximum Gasteiger partial charge on any atom is 0.403 e. The Hall–Kier alpha value is -0.590. The summed E-state index contributed by atoms with van der Waals surface area (Å²) in [6.07, 6.45) is -4.38. The van der Waals surface area contributed by atoms with Crippen molar-refractivity contribution in [2.45, 2.75) is 31.7 Å². The summed E-state index contributed by atoms with van der Waals surface area (Å²) in [5.74, 6) is -5.38. The van der Waals surface area contributed by atoms with Gasteiger partial charge in [0, 0.05) is 21.8 Å². The third kappa shape index (κ3) is 4.63. The summed E-state index contributed by atoms with van der Waals surface area (Å²) < 4.78 is 47.8. The van der Waals surface area contributed by atoms with Gasteiger partial charge in [0.2, 0.25) is 0 Å². The van der Waals surface area contributed by atoms with Gasteiger partial charge in [-0.2, -0.15) is 13.2 Å². The van der Waals surface area contributed by atoms with Crippen LogP contribution in [0.2, 0.25) is 0 Å². The first-order valence-corrected chi connectivity index (χ1v) is 5.75. The van der Waals surface area contributed by atoms with Crippen LogP contribution in [0.4, 0.5) is 13.2 Å². The largest absolute Gasteiger partial charge is 0.481 e. The molecule has 0 saturated carbocycles. The molecule has 0 aromatic rings. The van der Waals surface area contributed by atoms with Crippen LogP contribution >= 0.6 is 0 Å². The molecule has 0 amide bonds. The van der Waals surface area contributed by atoms with E-state index in [9.17, 15) is 22.2 Å². The number of carboxylic acids is 1. The highest BCUT2D eigenvalue weighted by Gasteiger charge is 2.46. The average Bonchev–Trinajstić information content (AvgIpc) is 2.09. The first-order valence-electron chi connectivity index (χ1n) is 4.36. The fraction of sp³-hybridized carbons (Fsp3) is 0.875. The summed E-state index contributed by atoms with van der Waals surface area (Å²) in [7, 11) is -1.76. The molecule has 0 spiro atoms. The van der Waals surface area contributed by atoms with Crippen LogP contribution in [0.3, 0.4) is 0 Å². The summed E-state index contributed by atoms with van der Waals surface area (Å²) in [4.78, 5) is 10.3. The van der Waals surface area contributed by atoms with Gasteiger partial charge in [0.25, 0.3) is 0 Å². The monoisotopic (exact) mass is 246 g/mol. The molecule has 0 aromatic heterocycles. The van der Waals surface area contributed by atoms with E-state index in [1.54, 1.807) is 6.92 Å². The lowest BCUT2D eigenvalue weighted by molar-refractivity contribution is -0.188.